The van der Waals surface area contributed by atoms with Gasteiger partial charge in [-0.2, -0.15) is 0 Å². The van der Waals surface area contributed by atoms with E-state index in [0.29, 0.717) is 5.92 Å². The number of aromatic nitrogens is 3. The Hall–Kier alpha value is -1.91. The second kappa shape index (κ2) is 3.30. The smallest absolute Gasteiger partial charge is 0.267 e. The Morgan fingerprint density at radius 3 is 2.94 bits per heavy atom. The lowest BCUT2D eigenvalue weighted by atomic mass is 9.83. The van der Waals surface area contributed by atoms with Crippen LogP contribution in [0.1, 0.15) is 41.4 Å². The Morgan fingerprint density at radius 2 is 2.31 bits per heavy atom. The molecule has 0 saturated heterocycles. The van der Waals surface area contributed by atoms with Crippen LogP contribution in [-0.4, -0.2) is 20.3 Å². The summed E-state index contributed by atoms with van der Waals surface area (Å²) in [5.41, 5.74) is 7.27. The highest BCUT2D eigenvalue weighted by atomic mass is 16.1. The van der Waals surface area contributed by atoms with Crippen molar-refractivity contribution in [3.63, 3.8) is 0 Å². The standard InChI is InChI=1S/C11H12N4O/c12-11(16)8-4-10-14-9(7-2-1-3-7)5-15(10)6-13-8/h4-7H,1-3H2,(H2,12,16). The van der Waals surface area contributed by atoms with Gasteiger partial charge < -0.3 is 5.73 Å². The average Bonchev–Trinajstić information content (AvgIpc) is 2.56. The number of hydrogen-bond donors (Lipinski definition) is 1. The van der Waals surface area contributed by atoms with Crippen LogP contribution in [0.2, 0.25) is 0 Å². The van der Waals surface area contributed by atoms with Crippen molar-refractivity contribution in [3.8, 4) is 0 Å². The lowest BCUT2D eigenvalue weighted by Crippen LogP contribution is -2.13. The number of primary amides is 1. The summed E-state index contributed by atoms with van der Waals surface area (Å²) in [6.45, 7) is 0. The SMILES string of the molecule is NC(=O)c1cc2nc(C3CCC3)cn2cn1. The molecule has 0 aromatic carbocycles. The Labute approximate surface area is 92.3 Å². The topological polar surface area (TPSA) is 73.3 Å². The van der Waals surface area contributed by atoms with Crippen molar-refractivity contribution < 1.29 is 4.79 Å². The molecular weight excluding hydrogens is 204 g/mol. The fourth-order valence-electron chi connectivity index (χ4n) is 1.95. The van der Waals surface area contributed by atoms with Gasteiger partial charge in [-0.15, -0.1) is 0 Å². The van der Waals surface area contributed by atoms with E-state index in [1.54, 1.807) is 12.4 Å². The predicted octanol–water partition coefficient (Wildman–Crippen LogP) is 1.10. The third-order valence-corrected chi connectivity index (χ3v) is 3.14. The molecule has 1 aliphatic carbocycles. The maximum atomic E-state index is 11.0. The summed E-state index contributed by atoms with van der Waals surface area (Å²) in [6.07, 6.45) is 7.27. The van der Waals surface area contributed by atoms with E-state index in [1.807, 2.05) is 10.6 Å². The van der Waals surface area contributed by atoms with E-state index in [2.05, 4.69) is 9.97 Å². The van der Waals surface area contributed by atoms with Crippen LogP contribution in [-0.2, 0) is 0 Å². The van der Waals surface area contributed by atoms with Gasteiger partial charge in [-0.25, -0.2) is 9.97 Å². The Morgan fingerprint density at radius 1 is 1.50 bits per heavy atom. The van der Waals surface area contributed by atoms with Gasteiger partial charge in [0.1, 0.15) is 17.7 Å². The highest BCUT2D eigenvalue weighted by Gasteiger charge is 2.22. The second-order valence-electron chi connectivity index (χ2n) is 4.20. The van der Waals surface area contributed by atoms with Gasteiger partial charge in [-0.1, -0.05) is 6.42 Å². The zero-order chi connectivity index (χ0) is 11.1. The molecule has 1 saturated carbocycles. The van der Waals surface area contributed by atoms with Gasteiger partial charge >= 0.3 is 0 Å². The number of nitrogens with zero attached hydrogens (tertiary/aromatic N) is 3. The van der Waals surface area contributed by atoms with Crippen molar-refractivity contribution in [3.05, 3.63) is 30.0 Å². The molecule has 16 heavy (non-hydrogen) atoms. The number of carbonyl (C=O) groups is 1. The van der Waals surface area contributed by atoms with E-state index in [9.17, 15) is 4.79 Å². The average molecular weight is 216 g/mol. The molecule has 2 aromatic rings. The molecule has 0 spiro atoms. The molecule has 2 heterocycles. The van der Waals surface area contributed by atoms with Gasteiger partial charge in [0.15, 0.2) is 0 Å². The summed E-state index contributed by atoms with van der Waals surface area (Å²) in [6, 6.07) is 1.63. The number of rotatable bonds is 2. The van der Waals surface area contributed by atoms with Crippen LogP contribution < -0.4 is 5.73 Å². The molecule has 0 unspecified atom stereocenters. The lowest BCUT2D eigenvalue weighted by Gasteiger charge is -2.22. The first kappa shape index (κ1) is 9.33. The van der Waals surface area contributed by atoms with Crippen molar-refractivity contribution in [2.24, 2.45) is 5.73 Å². The summed E-state index contributed by atoms with van der Waals surface area (Å²) in [5.74, 6) is 0.0626. The fourth-order valence-corrected chi connectivity index (χ4v) is 1.95. The molecule has 0 aliphatic heterocycles. The van der Waals surface area contributed by atoms with Crippen molar-refractivity contribution in [2.75, 3.05) is 0 Å². The van der Waals surface area contributed by atoms with Gasteiger partial charge in [0.2, 0.25) is 0 Å². The molecule has 5 heteroatoms. The van der Waals surface area contributed by atoms with Gasteiger partial charge in [0.25, 0.3) is 5.91 Å². The zero-order valence-electron chi connectivity index (χ0n) is 8.76. The van der Waals surface area contributed by atoms with Crippen LogP contribution in [0.25, 0.3) is 5.65 Å². The van der Waals surface area contributed by atoms with E-state index in [1.165, 1.54) is 19.3 Å². The van der Waals surface area contributed by atoms with Gasteiger partial charge in [-0.05, 0) is 12.8 Å². The van der Waals surface area contributed by atoms with E-state index >= 15 is 0 Å². The van der Waals surface area contributed by atoms with Crippen molar-refractivity contribution in [1.29, 1.82) is 0 Å². The minimum absolute atomic E-state index is 0.262. The minimum atomic E-state index is -0.518. The molecule has 1 fully saturated rings. The van der Waals surface area contributed by atoms with Crippen molar-refractivity contribution in [2.45, 2.75) is 25.2 Å². The number of fused-ring (bicyclic) bond motifs is 1. The van der Waals surface area contributed by atoms with Crippen LogP contribution in [0, 0.1) is 0 Å². The van der Waals surface area contributed by atoms with Crippen molar-refractivity contribution in [1.82, 2.24) is 14.4 Å². The van der Waals surface area contributed by atoms with Crippen LogP contribution in [0.15, 0.2) is 18.6 Å². The Kier molecular flexibility index (Phi) is 1.92. The summed E-state index contributed by atoms with van der Waals surface area (Å²) < 4.78 is 1.83. The van der Waals surface area contributed by atoms with Gasteiger partial charge in [0.05, 0.1) is 5.69 Å². The molecule has 2 aromatic heterocycles. The largest absolute Gasteiger partial charge is 0.364 e. The molecule has 0 bridgehead atoms. The first-order chi connectivity index (χ1) is 7.74. The minimum Gasteiger partial charge on any atom is -0.364 e. The number of nitrogens with two attached hydrogens (primary N) is 1. The van der Waals surface area contributed by atoms with Gasteiger partial charge in [0, 0.05) is 18.2 Å². The number of amides is 1. The third kappa shape index (κ3) is 1.36. The maximum absolute atomic E-state index is 11.0. The molecule has 1 aliphatic rings. The van der Waals surface area contributed by atoms with E-state index < -0.39 is 5.91 Å². The highest BCUT2D eigenvalue weighted by Crippen LogP contribution is 2.35. The zero-order valence-corrected chi connectivity index (χ0v) is 8.76. The molecule has 2 N–H and O–H groups in total. The molecular formula is C11H12N4O. The van der Waals surface area contributed by atoms with E-state index in [4.69, 9.17) is 5.73 Å². The summed E-state index contributed by atoms with van der Waals surface area (Å²) in [7, 11) is 0. The predicted molar refractivity (Wildman–Crippen MR) is 58.1 cm³/mol. The third-order valence-electron chi connectivity index (χ3n) is 3.14. The monoisotopic (exact) mass is 216 g/mol. The number of carbonyl (C=O) groups excluding carboxylic acids is 1. The van der Waals surface area contributed by atoms with Crippen LogP contribution in [0.3, 0.4) is 0 Å². The molecule has 0 radical (unpaired) electrons. The normalized spacial score (nSPS) is 16.2. The molecule has 5 nitrogen and oxygen atoms in total. The van der Waals surface area contributed by atoms with Crippen LogP contribution in [0.4, 0.5) is 0 Å². The first-order valence-electron chi connectivity index (χ1n) is 5.38. The first-order valence-corrected chi connectivity index (χ1v) is 5.38. The molecule has 3 rings (SSSR count). The van der Waals surface area contributed by atoms with Crippen LogP contribution >= 0.6 is 0 Å². The summed E-state index contributed by atoms with van der Waals surface area (Å²) >= 11 is 0. The number of hydrogen-bond acceptors (Lipinski definition) is 3. The lowest BCUT2D eigenvalue weighted by molar-refractivity contribution is 0.0995. The van der Waals surface area contributed by atoms with Crippen molar-refractivity contribution >= 4 is 11.6 Å². The molecule has 82 valence electrons. The van der Waals surface area contributed by atoms with E-state index in [0.717, 1.165) is 11.3 Å². The summed E-state index contributed by atoms with van der Waals surface area (Å²) in [4.78, 5) is 19.4. The maximum Gasteiger partial charge on any atom is 0.267 e. The Balaban J connectivity index is 2.06. The van der Waals surface area contributed by atoms with Crippen LogP contribution in [0.5, 0.6) is 0 Å². The highest BCUT2D eigenvalue weighted by molar-refractivity contribution is 5.91. The van der Waals surface area contributed by atoms with E-state index in [-0.39, 0.29) is 5.69 Å². The number of imidazole rings is 1. The summed E-state index contributed by atoms with van der Waals surface area (Å²) in [5, 5.41) is 0. The second-order valence-corrected chi connectivity index (χ2v) is 4.20. The van der Waals surface area contributed by atoms with Gasteiger partial charge in [-0.3, -0.25) is 9.20 Å². The fraction of sp³-hybridized carbons (Fsp3) is 0.364. The molecule has 1 amide bonds. The quantitative estimate of drug-likeness (QED) is 0.816. The molecule has 0 atom stereocenters. The Bertz CT molecular complexity index is 556.